The smallest absolute Gasteiger partial charge is 0.119 e. The van der Waals surface area contributed by atoms with Gasteiger partial charge in [-0.3, -0.25) is 4.90 Å². The summed E-state index contributed by atoms with van der Waals surface area (Å²) in [7, 11) is 0. The molecule has 2 aromatic rings. The molecule has 1 fully saturated rings. The highest BCUT2D eigenvalue weighted by atomic mass is 16.5. The van der Waals surface area contributed by atoms with E-state index in [-0.39, 0.29) is 0 Å². The van der Waals surface area contributed by atoms with E-state index < -0.39 is 0 Å². The van der Waals surface area contributed by atoms with Gasteiger partial charge in [0.05, 0.1) is 13.2 Å². The third-order valence-corrected chi connectivity index (χ3v) is 5.84. The summed E-state index contributed by atoms with van der Waals surface area (Å²) in [6, 6.07) is 15.1. The highest BCUT2D eigenvalue weighted by Gasteiger charge is 2.17. The molecule has 0 aromatic heterocycles. The lowest BCUT2D eigenvalue weighted by atomic mass is 10.1. The van der Waals surface area contributed by atoms with Crippen molar-refractivity contribution < 1.29 is 9.47 Å². The van der Waals surface area contributed by atoms with Crippen molar-refractivity contribution in [2.45, 2.75) is 32.6 Å². The van der Waals surface area contributed by atoms with Crippen LogP contribution in [0.5, 0.6) is 11.5 Å². The molecule has 0 amide bonds. The normalized spacial score (nSPS) is 16.8. The minimum Gasteiger partial charge on any atom is -0.494 e. The molecule has 0 atom stereocenters. The molecule has 28 heavy (non-hydrogen) atoms. The van der Waals surface area contributed by atoms with Crippen LogP contribution >= 0.6 is 0 Å². The first-order chi connectivity index (χ1) is 13.8. The highest BCUT2D eigenvalue weighted by Crippen LogP contribution is 2.26. The molecule has 0 spiro atoms. The fourth-order valence-corrected chi connectivity index (χ4v) is 4.27. The molecule has 0 N–H and O–H groups in total. The number of aryl methyl sites for hydroxylation is 2. The van der Waals surface area contributed by atoms with Gasteiger partial charge in [-0.25, -0.2) is 0 Å². The predicted molar refractivity (Wildman–Crippen MR) is 115 cm³/mol. The molecule has 2 aliphatic rings. The number of ether oxygens (including phenoxy) is 2. The largest absolute Gasteiger partial charge is 0.494 e. The van der Waals surface area contributed by atoms with Gasteiger partial charge in [-0.05, 0) is 80.1 Å². The Kier molecular flexibility index (Phi) is 6.38. The van der Waals surface area contributed by atoms with Crippen LogP contribution in [-0.4, -0.2) is 50.8 Å². The number of benzene rings is 2. The first-order valence-corrected chi connectivity index (χ1v) is 10.8. The van der Waals surface area contributed by atoms with Crippen LogP contribution in [-0.2, 0) is 12.8 Å². The molecule has 4 rings (SSSR count). The highest BCUT2D eigenvalue weighted by molar-refractivity contribution is 5.49. The summed E-state index contributed by atoms with van der Waals surface area (Å²) < 4.78 is 11.5. The molecule has 1 aliphatic heterocycles. The molecule has 2 aromatic carbocycles. The Hall–Kier alpha value is -2.20. The van der Waals surface area contributed by atoms with E-state index in [0.717, 1.165) is 57.3 Å². The van der Waals surface area contributed by atoms with Gasteiger partial charge in [0.2, 0.25) is 0 Å². The average molecular weight is 381 g/mol. The first-order valence-electron chi connectivity index (χ1n) is 10.8. The quantitative estimate of drug-likeness (QED) is 0.642. The van der Waals surface area contributed by atoms with Crippen LogP contribution in [0.4, 0.5) is 5.69 Å². The number of rotatable bonds is 8. The summed E-state index contributed by atoms with van der Waals surface area (Å²) in [6.07, 6.45) is 4.82. The summed E-state index contributed by atoms with van der Waals surface area (Å²) >= 11 is 0. The van der Waals surface area contributed by atoms with Crippen molar-refractivity contribution in [2.24, 2.45) is 0 Å². The Morgan fingerprint density at radius 3 is 2.36 bits per heavy atom. The summed E-state index contributed by atoms with van der Waals surface area (Å²) in [4.78, 5) is 5.02. The molecular weight excluding hydrogens is 348 g/mol. The van der Waals surface area contributed by atoms with Gasteiger partial charge in [-0.1, -0.05) is 6.07 Å². The lowest BCUT2D eigenvalue weighted by Gasteiger charge is -2.36. The summed E-state index contributed by atoms with van der Waals surface area (Å²) in [5.74, 6) is 1.99. The van der Waals surface area contributed by atoms with Gasteiger partial charge in [-0.15, -0.1) is 0 Å². The van der Waals surface area contributed by atoms with E-state index in [1.165, 1.54) is 36.1 Å². The monoisotopic (exact) mass is 380 g/mol. The van der Waals surface area contributed by atoms with Crippen LogP contribution in [0.2, 0.25) is 0 Å². The maximum atomic E-state index is 5.99. The van der Waals surface area contributed by atoms with E-state index in [1.807, 2.05) is 6.92 Å². The molecule has 1 aliphatic carbocycles. The van der Waals surface area contributed by atoms with Gasteiger partial charge in [-0.2, -0.15) is 0 Å². The molecular formula is C24H32N2O2. The second-order valence-corrected chi connectivity index (χ2v) is 7.74. The van der Waals surface area contributed by atoms with Gasteiger partial charge in [0.25, 0.3) is 0 Å². The zero-order valence-corrected chi connectivity index (χ0v) is 17.0. The molecule has 0 bridgehead atoms. The average Bonchev–Trinajstić information content (AvgIpc) is 3.20. The van der Waals surface area contributed by atoms with Crippen molar-refractivity contribution in [3.63, 3.8) is 0 Å². The minimum absolute atomic E-state index is 0.716. The van der Waals surface area contributed by atoms with Gasteiger partial charge < -0.3 is 14.4 Å². The second kappa shape index (κ2) is 9.33. The van der Waals surface area contributed by atoms with Gasteiger partial charge in [0.15, 0.2) is 0 Å². The lowest BCUT2D eigenvalue weighted by molar-refractivity contribution is 0.224. The second-order valence-electron chi connectivity index (χ2n) is 7.74. The topological polar surface area (TPSA) is 24.9 Å². The molecule has 0 saturated carbocycles. The van der Waals surface area contributed by atoms with Crippen LogP contribution in [0.3, 0.4) is 0 Å². The van der Waals surface area contributed by atoms with Crippen LogP contribution < -0.4 is 14.4 Å². The molecule has 1 heterocycles. The van der Waals surface area contributed by atoms with Gasteiger partial charge in [0, 0.05) is 38.4 Å². The number of fused-ring (bicyclic) bond motifs is 1. The Morgan fingerprint density at radius 2 is 1.57 bits per heavy atom. The molecule has 0 unspecified atom stereocenters. The van der Waals surface area contributed by atoms with Crippen LogP contribution in [0.1, 0.15) is 30.9 Å². The first kappa shape index (κ1) is 19.1. The van der Waals surface area contributed by atoms with Crippen molar-refractivity contribution in [3.8, 4) is 11.5 Å². The van der Waals surface area contributed by atoms with Crippen molar-refractivity contribution >= 4 is 5.69 Å². The molecule has 4 heteroatoms. The van der Waals surface area contributed by atoms with Crippen molar-refractivity contribution in [3.05, 3.63) is 53.6 Å². The zero-order valence-electron chi connectivity index (χ0n) is 17.0. The lowest BCUT2D eigenvalue weighted by Crippen LogP contribution is -2.46. The van der Waals surface area contributed by atoms with E-state index in [9.17, 15) is 0 Å². The fourth-order valence-electron chi connectivity index (χ4n) is 4.27. The number of hydrogen-bond acceptors (Lipinski definition) is 4. The van der Waals surface area contributed by atoms with Crippen molar-refractivity contribution in [1.82, 2.24) is 4.90 Å². The van der Waals surface area contributed by atoms with E-state index in [4.69, 9.17) is 9.47 Å². The van der Waals surface area contributed by atoms with Crippen LogP contribution in [0.25, 0.3) is 0 Å². The van der Waals surface area contributed by atoms with Gasteiger partial charge in [0.1, 0.15) is 11.5 Å². The third kappa shape index (κ3) is 4.79. The number of anilines is 1. The Balaban J connectivity index is 1.16. The van der Waals surface area contributed by atoms with Gasteiger partial charge >= 0.3 is 0 Å². The predicted octanol–water partition coefficient (Wildman–Crippen LogP) is 4.17. The Morgan fingerprint density at radius 1 is 0.821 bits per heavy atom. The Bertz CT molecular complexity index is 752. The molecule has 0 radical (unpaired) electrons. The Labute approximate surface area is 169 Å². The van der Waals surface area contributed by atoms with E-state index in [0.29, 0.717) is 6.61 Å². The van der Waals surface area contributed by atoms with Crippen molar-refractivity contribution in [1.29, 1.82) is 0 Å². The maximum Gasteiger partial charge on any atom is 0.119 e. The van der Waals surface area contributed by atoms with E-state index in [1.54, 1.807) is 0 Å². The SMILES string of the molecule is CCOc1ccc(N2CCN(CCCOc3ccc4c(c3)CCC4)CC2)cc1. The minimum atomic E-state index is 0.716. The standard InChI is InChI=1S/C24H32N2O2/c1-2-27-23-11-8-22(9-12-23)26-16-14-25(15-17-26)13-4-18-28-24-10-7-20-5-3-6-21(20)19-24/h7-12,19H,2-6,13-18H2,1H3. The fraction of sp³-hybridized carbons (Fsp3) is 0.500. The molecule has 1 saturated heterocycles. The van der Waals surface area contributed by atoms with E-state index >= 15 is 0 Å². The third-order valence-electron chi connectivity index (χ3n) is 5.84. The zero-order chi connectivity index (χ0) is 19.2. The number of nitrogens with zero attached hydrogens (tertiary/aromatic N) is 2. The summed E-state index contributed by atoms with van der Waals surface area (Å²) in [6.45, 7) is 9.05. The summed E-state index contributed by atoms with van der Waals surface area (Å²) in [5.41, 5.74) is 4.30. The number of hydrogen-bond donors (Lipinski definition) is 0. The number of piperazine rings is 1. The van der Waals surface area contributed by atoms with Crippen LogP contribution in [0.15, 0.2) is 42.5 Å². The van der Waals surface area contributed by atoms with Crippen molar-refractivity contribution in [2.75, 3.05) is 50.8 Å². The van der Waals surface area contributed by atoms with E-state index in [2.05, 4.69) is 52.3 Å². The molecule has 150 valence electrons. The summed E-state index contributed by atoms with van der Waals surface area (Å²) in [5, 5.41) is 0. The van der Waals surface area contributed by atoms with Crippen LogP contribution in [0, 0.1) is 0 Å². The maximum absolute atomic E-state index is 5.99. The molecule has 4 nitrogen and oxygen atoms in total.